The Bertz CT molecular complexity index is 691. The van der Waals surface area contributed by atoms with Gasteiger partial charge in [-0.3, -0.25) is 4.79 Å². The number of nitrogens with one attached hydrogen (secondary N) is 2. The molecule has 0 saturated carbocycles. The topological polar surface area (TPSA) is 41.1 Å². The van der Waals surface area contributed by atoms with Crippen molar-refractivity contribution in [2.75, 3.05) is 17.2 Å². The van der Waals surface area contributed by atoms with Crippen molar-refractivity contribution in [3.05, 3.63) is 59.7 Å². The summed E-state index contributed by atoms with van der Waals surface area (Å²) in [5.41, 5.74) is 0.469. The summed E-state index contributed by atoms with van der Waals surface area (Å²) in [5.74, 6) is -4.44. The van der Waals surface area contributed by atoms with E-state index in [1.54, 1.807) is 0 Å². The molecule has 0 spiro atoms. The zero-order valence-corrected chi connectivity index (χ0v) is 11.3. The van der Waals surface area contributed by atoms with Gasteiger partial charge in [-0.2, -0.15) is 0 Å². The second kappa shape index (κ2) is 6.93. The van der Waals surface area contributed by atoms with Crippen LogP contribution in [0.25, 0.3) is 0 Å². The van der Waals surface area contributed by atoms with Crippen LogP contribution in [0.4, 0.5) is 28.9 Å². The summed E-state index contributed by atoms with van der Waals surface area (Å²) in [4.78, 5) is 11.6. The standard InChI is InChI=1S/C15H12F4N2O/c16-11-3-1-9(7-13(11)18)20-6-5-15(22)21-10-2-4-12(17)14(19)8-10/h1-4,7-8,20H,5-6H2,(H,21,22). The molecule has 2 aromatic rings. The van der Waals surface area contributed by atoms with Crippen LogP contribution in [0.1, 0.15) is 6.42 Å². The maximum absolute atomic E-state index is 13.0. The summed E-state index contributed by atoms with van der Waals surface area (Å²) in [6, 6.07) is 6.30. The summed E-state index contributed by atoms with van der Waals surface area (Å²) in [6.45, 7) is 0.167. The van der Waals surface area contributed by atoms with Crippen LogP contribution >= 0.6 is 0 Å². The summed E-state index contributed by atoms with van der Waals surface area (Å²) in [5, 5.41) is 5.15. The van der Waals surface area contributed by atoms with Gasteiger partial charge in [-0.05, 0) is 30.3 Å². The van der Waals surface area contributed by atoms with E-state index >= 15 is 0 Å². The Kier molecular flexibility index (Phi) is 4.98. The van der Waals surface area contributed by atoms with Gasteiger partial charge in [-0.1, -0.05) is 0 Å². The third-order valence-electron chi connectivity index (χ3n) is 2.80. The first-order valence-corrected chi connectivity index (χ1v) is 6.39. The van der Waals surface area contributed by atoms with E-state index in [1.807, 2.05) is 0 Å². The molecular formula is C15H12F4N2O. The molecule has 0 atom stereocenters. The molecule has 2 aromatic carbocycles. The molecule has 0 bridgehead atoms. The quantitative estimate of drug-likeness (QED) is 0.827. The van der Waals surface area contributed by atoms with Crippen molar-refractivity contribution in [3.63, 3.8) is 0 Å². The molecule has 2 N–H and O–H groups in total. The van der Waals surface area contributed by atoms with E-state index in [0.717, 1.165) is 24.3 Å². The molecule has 0 aliphatic rings. The fourth-order valence-corrected chi connectivity index (χ4v) is 1.72. The Morgan fingerprint density at radius 2 is 1.36 bits per heavy atom. The molecule has 0 aromatic heterocycles. The normalized spacial score (nSPS) is 10.4. The maximum Gasteiger partial charge on any atom is 0.226 e. The Labute approximate surface area is 124 Å². The van der Waals surface area contributed by atoms with Crippen LogP contribution in [0.15, 0.2) is 36.4 Å². The van der Waals surface area contributed by atoms with Gasteiger partial charge in [0.05, 0.1) is 0 Å². The predicted octanol–water partition coefficient (Wildman–Crippen LogP) is 3.68. The van der Waals surface area contributed by atoms with Gasteiger partial charge in [0.1, 0.15) is 0 Å². The largest absolute Gasteiger partial charge is 0.384 e. The number of carbonyl (C=O) groups is 1. The van der Waals surface area contributed by atoms with Crippen molar-refractivity contribution in [3.8, 4) is 0 Å². The molecule has 0 radical (unpaired) electrons. The summed E-state index contributed by atoms with van der Waals surface area (Å²) >= 11 is 0. The lowest BCUT2D eigenvalue weighted by Gasteiger charge is -2.08. The molecule has 2 rings (SSSR count). The van der Waals surface area contributed by atoms with Crippen LogP contribution in [-0.4, -0.2) is 12.5 Å². The third-order valence-corrected chi connectivity index (χ3v) is 2.80. The van der Waals surface area contributed by atoms with Gasteiger partial charge >= 0.3 is 0 Å². The molecule has 22 heavy (non-hydrogen) atoms. The van der Waals surface area contributed by atoms with E-state index in [4.69, 9.17) is 0 Å². The zero-order chi connectivity index (χ0) is 16.1. The minimum absolute atomic E-state index is 0.0119. The Morgan fingerprint density at radius 1 is 0.818 bits per heavy atom. The third kappa shape index (κ3) is 4.21. The van der Waals surface area contributed by atoms with Crippen LogP contribution in [0.5, 0.6) is 0 Å². The lowest BCUT2D eigenvalue weighted by molar-refractivity contribution is -0.115. The molecule has 7 heteroatoms. The summed E-state index contributed by atoms with van der Waals surface area (Å²) in [7, 11) is 0. The number of hydrogen-bond acceptors (Lipinski definition) is 2. The number of benzene rings is 2. The number of carbonyl (C=O) groups excluding carboxylic acids is 1. The first kappa shape index (κ1) is 15.8. The monoisotopic (exact) mass is 312 g/mol. The number of anilines is 2. The Morgan fingerprint density at radius 3 is 1.95 bits per heavy atom. The highest BCUT2D eigenvalue weighted by molar-refractivity contribution is 5.90. The minimum Gasteiger partial charge on any atom is -0.384 e. The van der Waals surface area contributed by atoms with Crippen LogP contribution < -0.4 is 10.6 Å². The number of amides is 1. The minimum atomic E-state index is -1.06. The number of halogens is 4. The van der Waals surface area contributed by atoms with Gasteiger partial charge in [0.2, 0.25) is 5.91 Å². The van der Waals surface area contributed by atoms with Gasteiger partial charge in [-0.25, -0.2) is 17.6 Å². The van der Waals surface area contributed by atoms with Crippen molar-refractivity contribution in [2.24, 2.45) is 0 Å². The second-order valence-corrected chi connectivity index (χ2v) is 4.48. The van der Waals surface area contributed by atoms with Crippen LogP contribution in [0, 0.1) is 23.3 Å². The first-order valence-electron chi connectivity index (χ1n) is 6.39. The molecular weight excluding hydrogens is 300 g/mol. The van der Waals surface area contributed by atoms with Crippen molar-refractivity contribution in [1.29, 1.82) is 0 Å². The van der Waals surface area contributed by atoms with Gasteiger partial charge in [0.15, 0.2) is 23.3 Å². The molecule has 0 aliphatic heterocycles. The van der Waals surface area contributed by atoms with E-state index in [-0.39, 0.29) is 18.7 Å². The van der Waals surface area contributed by atoms with Crippen LogP contribution in [0.3, 0.4) is 0 Å². The lowest BCUT2D eigenvalue weighted by atomic mass is 10.2. The van der Waals surface area contributed by atoms with Crippen molar-refractivity contribution >= 4 is 17.3 Å². The van der Waals surface area contributed by atoms with E-state index in [1.165, 1.54) is 12.1 Å². The van der Waals surface area contributed by atoms with E-state index in [2.05, 4.69) is 10.6 Å². The van der Waals surface area contributed by atoms with Crippen molar-refractivity contribution < 1.29 is 22.4 Å². The fraction of sp³-hybridized carbons (Fsp3) is 0.133. The maximum atomic E-state index is 13.0. The van der Waals surface area contributed by atoms with Crippen molar-refractivity contribution in [1.82, 2.24) is 0 Å². The molecule has 0 aliphatic carbocycles. The zero-order valence-electron chi connectivity index (χ0n) is 11.3. The van der Waals surface area contributed by atoms with E-state index < -0.39 is 29.2 Å². The Hall–Kier alpha value is -2.57. The van der Waals surface area contributed by atoms with E-state index in [9.17, 15) is 22.4 Å². The number of hydrogen-bond donors (Lipinski definition) is 2. The van der Waals surface area contributed by atoms with Gasteiger partial charge in [-0.15, -0.1) is 0 Å². The van der Waals surface area contributed by atoms with Gasteiger partial charge < -0.3 is 10.6 Å². The lowest BCUT2D eigenvalue weighted by Crippen LogP contribution is -2.16. The summed E-state index contributed by atoms with van der Waals surface area (Å²) < 4.78 is 51.4. The Balaban J connectivity index is 1.82. The molecule has 3 nitrogen and oxygen atoms in total. The second-order valence-electron chi connectivity index (χ2n) is 4.48. The molecule has 1 amide bonds. The smallest absolute Gasteiger partial charge is 0.226 e. The van der Waals surface area contributed by atoms with Crippen LogP contribution in [-0.2, 0) is 4.79 Å². The van der Waals surface area contributed by atoms with Gasteiger partial charge in [0.25, 0.3) is 0 Å². The fourth-order valence-electron chi connectivity index (χ4n) is 1.72. The van der Waals surface area contributed by atoms with Crippen LogP contribution in [0.2, 0.25) is 0 Å². The van der Waals surface area contributed by atoms with E-state index in [0.29, 0.717) is 5.69 Å². The molecule has 116 valence electrons. The SMILES string of the molecule is O=C(CCNc1ccc(F)c(F)c1)Nc1ccc(F)c(F)c1. The highest BCUT2D eigenvalue weighted by atomic mass is 19.2. The highest BCUT2D eigenvalue weighted by Gasteiger charge is 2.07. The average Bonchev–Trinajstić information content (AvgIpc) is 2.47. The average molecular weight is 312 g/mol. The van der Waals surface area contributed by atoms with Crippen molar-refractivity contribution in [2.45, 2.75) is 6.42 Å². The molecule has 0 unspecified atom stereocenters. The molecule has 0 fully saturated rings. The highest BCUT2D eigenvalue weighted by Crippen LogP contribution is 2.14. The molecule has 0 heterocycles. The van der Waals surface area contributed by atoms with Gasteiger partial charge in [0, 0.05) is 30.4 Å². The molecule has 0 saturated heterocycles. The number of rotatable bonds is 5. The predicted molar refractivity (Wildman–Crippen MR) is 74.5 cm³/mol. The first-order chi connectivity index (χ1) is 10.5. The summed E-state index contributed by atoms with van der Waals surface area (Å²) in [6.07, 6.45) is 0.0119.